The molecular formula is C23H26F2N2O4. The molecule has 0 aliphatic carbocycles. The van der Waals surface area contributed by atoms with Crippen molar-refractivity contribution in [2.24, 2.45) is 5.92 Å². The highest BCUT2D eigenvalue weighted by Gasteiger charge is 2.21. The summed E-state index contributed by atoms with van der Waals surface area (Å²) in [6.45, 7) is 5.18. The maximum Gasteiger partial charge on any atom is 0.254 e. The van der Waals surface area contributed by atoms with Crippen LogP contribution in [0.3, 0.4) is 0 Å². The number of fused-ring (bicyclic) bond motifs is 1. The fraction of sp³-hybridized carbons (Fsp3) is 0.391. The zero-order valence-electron chi connectivity index (χ0n) is 17.5. The van der Waals surface area contributed by atoms with Crippen molar-refractivity contribution >= 4 is 11.8 Å². The summed E-state index contributed by atoms with van der Waals surface area (Å²) in [7, 11) is 0. The summed E-state index contributed by atoms with van der Waals surface area (Å²) in [4.78, 5) is 24.5. The summed E-state index contributed by atoms with van der Waals surface area (Å²) in [6, 6.07) is 8.09. The van der Waals surface area contributed by atoms with Gasteiger partial charge in [0.05, 0.1) is 24.8 Å². The Morgan fingerprint density at radius 3 is 2.48 bits per heavy atom. The molecule has 31 heavy (non-hydrogen) atoms. The molecule has 1 aliphatic rings. The van der Waals surface area contributed by atoms with Crippen molar-refractivity contribution in [1.29, 1.82) is 0 Å². The van der Waals surface area contributed by atoms with Crippen molar-refractivity contribution in [3.05, 3.63) is 59.2 Å². The molecule has 0 saturated carbocycles. The van der Waals surface area contributed by atoms with Crippen molar-refractivity contribution in [3.8, 4) is 11.5 Å². The second-order valence-corrected chi connectivity index (χ2v) is 7.68. The first-order valence-corrected chi connectivity index (χ1v) is 10.3. The van der Waals surface area contributed by atoms with Crippen LogP contribution < -0.4 is 20.1 Å². The fourth-order valence-electron chi connectivity index (χ4n) is 3.31. The molecule has 0 unspecified atom stereocenters. The molecule has 0 aromatic heterocycles. The van der Waals surface area contributed by atoms with Gasteiger partial charge in [-0.3, -0.25) is 9.59 Å². The van der Waals surface area contributed by atoms with E-state index >= 15 is 0 Å². The number of hydrogen-bond acceptors (Lipinski definition) is 4. The Bertz CT molecular complexity index is 949. The van der Waals surface area contributed by atoms with Crippen LogP contribution in [0.4, 0.5) is 8.78 Å². The van der Waals surface area contributed by atoms with Crippen molar-refractivity contribution in [2.75, 3.05) is 19.8 Å². The van der Waals surface area contributed by atoms with Gasteiger partial charge >= 0.3 is 0 Å². The number of carbonyl (C=O) groups excluding carboxylic acids is 2. The van der Waals surface area contributed by atoms with Gasteiger partial charge in [0.2, 0.25) is 5.91 Å². The Morgan fingerprint density at radius 1 is 1.03 bits per heavy atom. The van der Waals surface area contributed by atoms with Gasteiger partial charge in [0, 0.05) is 25.5 Å². The van der Waals surface area contributed by atoms with Crippen molar-refractivity contribution < 1.29 is 27.8 Å². The van der Waals surface area contributed by atoms with Gasteiger partial charge < -0.3 is 20.1 Å². The van der Waals surface area contributed by atoms with Gasteiger partial charge in [-0.1, -0.05) is 19.9 Å². The molecule has 0 radical (unpaired) electrons. The van der Waals surface area contributed by atoms with Gasteiger partial charge in [-0.2, -0.15) is 0 Å². The zero-order valence-corrected chi connectivity index (χ0v) is 17.5. The number of amides is 2. The highest BCUT2D eigenvalue weighted by atomic mass is 19.1. The second-order valence-electron chi connectivity index (χ2n) is 7.68. The third-order valence-electron chi connectivity index (χ3n) is 4.93. The maximum absolute atomic E-state index is 13.7. The van der Waals surface area contributed by atoms with Gasteiger partial charge in [0.15, 0.2) is 11.5 Å². The van der Waals surface area contributed by atoms with Gasteiger partial charge in [0.1, 0.15) is 11.6 Å². The summed E-state index contributed by atoms with van der Waals surface area (Å²) >= 11 is 0. The summed E-state index contributed by atoms with van der Waals surface area (Å²) < 4.78 is 38.0. The molecule has 2 aromatic rings. The monoisotopic (exact) mass is 432 g/mol. The van der Waals surface area contributed by atoms with Gasteiger partial charge in [-0.15, -0.1) is 0 Å². The van der Waals surface area contributed by atoms with E-state index < -0.39 is 17.5 Å². The molecule has 3 rings (SSSR count). The Morgan fingerprint density at radius 2 is 1.77 bits per heavy atom. The number of rotatable bonds is 7. The number of carbonyl (C=O) groups is 2. The van der Waals surface area contributed by atoms with E-state index in [1.807, 2.05) is 32.0 Å². The minimum absolute atomic E-state index is 0.0162. The van der Waals surface area contributed by atoms with Crippen LogP contribution in [0, 0.1) is 17.6 Å². The van der Waals surface area contributed by atoms with Crippen LogP contribution >= 0.6 is 0 Å². The van der Waals surface area contributed by atoms with Crippen LogP contribution in [-0.2, 0) is 4.79 Å². The molecule has 1 heterocycles. The van der Waals surface area contributed by atoms with E-state index in [1.165, 1.54) is 0 Å². The molecule has 0 fully saturated rings. The lowest BCUT2D eigenvalue weighted by atomic mass is 9.95. The average molecular weight is 432 g/mol. The largest absolute Gasteiger partial charge is 0.490 e. The lowest BCUT2D eigenvalue weighted by Gasteiger charge is -2.24. The van der Waals surface area contributed by atoms with Crippen LogP contribution in [0.1, 0.15) is 48.7 Å². The van der Waals surface area contributed by atoms with Crippen LogP contribution in [0.15, 0.2) is 36.4 Å². The Balaban J connectivity index is 1.57. The predicted molar refractivity (Wildman–Crippen MR) is 111 cm³/mol. The van der Waals surface area contributed by atoms with Crippen LogP contribution in [0.2, 0.25) is 0 Å². The standard InChI is InChI=1S/C23H26F2N2O4/c1-14(2)22(15-4-7-19-20(12-15)31-11-3-10-30-19)27-21(28)8-9-26-23(29)17-6-5-16(24)13-18(17)25/h4-7,12-14,22H,3,8-11H2,1-2H3,(H,26,29)(H,27,28)/t22-/m1/s1. The van der Waals surface area contributed by atoms with E-state index in [0.717, 1.165) is 24.1 Å². The van der Waals surface area contributed by atoms with Crippen molar-refractivity contribution in [2.45, 2.75) is 32.7 Å². The lowest BCUT2D eigenvalue weighted by Crippen LogP contribution is -2.35. The quantitative estimate of drug-likeness (QED) is 0.699. The fourth-order valence-corrected chi connectivity index (χ4v) is 3.31. The number of benzene rings is 2. The Kier molecular flexibility index (Phi) is 7.44. The smallest absolute Gasteiger partial charge is 0.254 e. The molecule has 8 heteroatoms. The molecule has 6 nitrogen and oxygen atoms in total. The predicted octanol–water partition coefficient (Wildman–Crippen LogP) is 3.76. The van der Waals surface area contributed by atoms with Crippen LogP contribution in [0.5, 0.6) is 11.5 Å². The van der Waals surface area contributed by atoms with E-state index in [2.05, 4.69) is 10.6 Å². The van der Waals surface area contributed by atoms with E-state index in [4.69, 9.17) is 9.47 Å². The third-order valence-corrected chi connectivity index (χ3v) is 4.93. The molecule has 0 bridgehead atoms. The van der Waals surface area contributed by atoms with Gasteiger partial charge in [0.25, 0.3) is 5.91 Å². The first-order valence-electron chi connectivity index (χ1n) is 10.3. The van der Waals surface area contributed by atoms with Gasteiger partial charge in [-0.25, -0.2) is 8.78 Å². The highest BCUT2D eigenvalue weighted by molar-refractivity contribution is 5.94. The summed E-state index contributed by atoms with van der Waals surface area (Å²) in [5.74, 6) is -1.22. The van der Waals surface area contributed by atoms with Crippen molar-refractivity contribution in [1.82, 2.24) is 10.6 Å². The minimum atomic E-state index is -0.948. The number of nitrogens with one attached hydrogen (secondary N) is 2. The first kappa shape index (κ1) is 22.5. The van der Waals surface area contributed by atoms with E-state index in [1.54, 1.807) is 0 Å². The molecule has 1 aliphatic heterocycles. The molecular weight excluding hydrogens is 406 g/mol. The van der Waals surface area contributed by atoms with Gasteiger partial charge in [-0.05, 0) is 35.7 Å². The summed E-state index contributed by atoms with van der Waals surface area (Å²) in [6.07, 6.45) is 0.824. The molecule has 2 aromatic carbocycles. The average Bonchev–Trinajstić information content (AvgIpc) is 2.96. The van der Waals surface area contributed by atoms with Crippen LogP contribution in [0.25, 0.3) is 0 Å². The van der Waals surface area contributed by atoms with Crippen molar-refractivity contribution in [3.63, 3.8) is 0 Å². The van der Waals surface area contributed by atoms with E-state index in [0.29, 0.717) is 30.8 Å². The molecule has 0 spiro atoms. The number of halogens is 2. The molecule has 1 atom stereocenters. The second kappa shape index (κ2) is 10.2. The summed E-state index contributed by atoms with van der Waals surface area (Å²) in [5.41, 5.74) is 0.624. The van der Waals surface area contributed by atoms with E-state index in [9.17, 15) is 18.4 Å². The lowest BCUT2D eigenvalue weighted by molar-refractivity contribution is -0.122. The highest BCUT2D eigenvalue weighted by Crippen LogP contribution is 2.34. The molecule has 2 amide bonds. The Hall–Kier alpha value is -3.16. The summed E-state index contributed by atoms with van der Waals surface area (Å²) in [5, 5.41) is 5.46. The third kappa shape index (κ3) is 5.93. The molecule has 166 valence electrons. The maximum atomic E-state index is 13.7. The molecule has 2 N–H and O–H groups in total. The SMILES string of the molecule is CC(C)[C@@H](NC(=O)CCNC(=O)c1ccc(F)cc1F)c1ccc2c(c1)OCCCO2. The topological polar surface area (TPSA) is 76.7 Å². The zero-order chi connectivity index (χ0) is 22.4. The number of hydrogen-bond donors (Lipinski definition) is 2. The minimum Gasteiger partial charge on any atom is -0.490 e. The normalized spacial score (nSPS) is 14.0. The Labute approximate surface area is 179 Å². The first-order chi connectivity index (χ1) is 14.8. The van der Waals surface area contributed by atoms with E-state index in [-0.39, 0.29) is 36.4 Å². The molecule has 0 saturated heterocycles. The van der Waals surface area contributed by atoms with Crippen LogP contribution in [-0.4, -0.2) is 31.6 Å². The number of ether oxygens (including phenoxy) is 2.